The first-order valence-electron chi connectivity index (χ1n) is 19.6. The summed E-state index contributed by atoms with van der Waals surface area (Å²) >= 11 is 0. The molecule has 3 aromatic carbocycles. The highest BCUT2D eigenvalue weighted by molar-refractivity contribution is 5.79. The lowest BCUT2D eigenvalue weighted by Gasteiger charge is -1.99. The number of aldehydes is 2. The van der Waals surface area contributed by atoms with Gasteiger partial charge in [-0.1, -0.05) is 175 Å². The van der Waals surface area contributed by atoms with Gasteiger partial charge in [0.1, 0.15) is 12.6 Å². The molecule has 54 heavy (non-hydrogen) atoms. The predicted molar refractivity (Wildman–Crippen MR) is 251 cm³/mol. The van der Waals surface area contributed by atoms with Crippen LogP contribution in [-0.4, -0.2) is 70.8 Å². The highest BCUT2D eigenvalue weighted by atomic mass is 16.1. The summed E-state index contributed by atoms with van der Waals surface area (Å²) in [5.41, 5.74) is 12.9. The van der Waals surface area contributed by atoms with Crippen LogP contribution in [0.3, 0.4) is 0 Å². The summed E-state index contributed by atoms with van der Waals surface area (Å²) in [4.78, 5) is 26.8. The summed E-state index contributed by atoms with van der Waals surface area (Å²) in [6, 6.07) is 29.6. The lowest BCUT2D eigenvalue weighted by atomic mass is 10.2. The Morgan fingerprint density at radius 1 is 0.537 bits per heavy atom. The van der Waals surface area contributed by atoms with E-state index in [2.05, 4.69) is 65.7 Å². The zero-order chi connectivity index (χ0) is 42.7. The molecule has 0 aliphatic heterocycles. The van der Waals surface area contributed by atoms with Crippen LogP contribution in [0.2, 0.25) is 0 Å². The van der Waals surface area contributed by atoms with Gasteiger partial charge in [0.15, 0.2) is 0 Å². The van der Waals surface area contributed by atoms with E-state index in [0.29, 0.717) is 0 Å². The summed E-state index contributed by atoms with van der Waals surface area (Å²) in [5, 5.41) is 6.38. The summed E-state index contributed by atoms with van der Waals surface area (Å²) in [7, 11) is 0. The van der Waals surface area contributed by atoms with E-state index in [-0.39, 0.29) is 7.43 Å². The predicted octanol–water partition coefficient (Wildman–Crippen LogP) is 11.0. The number of rotatable bonds is 9. The average molecular weight is 759 g/mol. The van der Waals surface area contributed by atoms with E-state index in [1.807, 2.05) is 137 Å². The Morgan fingerprint density at radius 3 is 1.07 bits per heavy atom. The third-order valence-electron chi connectivity index (χ3n) is 4.45. The zero-order valence-electron chi connectivity index (χ0n) is 37.0. The van der Waals surface area contributed by atoms with Gasteiger partial charge < -0.3 is 26.9 Å². The highest BCUT2D eigenvalue weighted by Crippen LogP contribution is 1.96. The molecular weight excluding hydrogens is 669 g/mol. The van der Waals surface area contributed by atoms with Crippen LogP contribution in [0.4, 0.5) is 0 Å². The molecule has 3 rings (SSSR count). The molecule has 0 amide bonds. The van der Waals surface area contributed by atoms with Crippen molar-refractivity contribution in [3.63, 3.8) is 0 Å². The second-order valence-corrected chi connectivity index (χ2v) is 8.60. The molecule has 6 N–H and O–H groups in total. The monoisotopic (exact) mass is 759 g/mol. The number of hydrogen-bond donors (Lipinski definition) is 4. The van der Waals surface area contributed by atoms with E-state index < -0.39 is 0 Å². The fourth-order valence-electron chi connectivity index (χ4n) is 2.57. The van der Waals surface area contributed by atoms with Crippen molar-refractivity contribution < 1.29 is 9.59 Å². The molecule has 0 radical (unpaired) electrons. The Morgan fingerprint density at radius 2 is 0.852 bits per heavy atom. The van der Waals surface area contributed by atoms with Gasteiger partial charge in [0.25, 0.3) is 0 Å². The lowest BCUT2D eigenvalue weighted by Crippen LogP contribution is -2.11. The molecule has 316 valence electrons. The maximum absolute atomic E-state index is 10.0. The Hall–Kier alpha value is -3.82. The quantitative estimate of drug-likeness (QED) is 0.127. The van der Waals surface area contributed by atoms with Crippen LogP contribution in [0, 0.1) is 0 Å². The summed E-state index contributed by atoms with van der Waals surface area (Å²) in [6.45, 7) is 37.0. The Balaban J connectivity index is -0.0000000622. The maximum Gasteiger partial charge on any atom is 0.150 e. The number of hydrogen-bond acceptors (Lipinski definition) is 8. The Labute approximate surface area is 337 Å². The smallest absolute Gasteiger partial charge is 0.150 e. The summed E-state index contributed by atoms with van der Waals surface area (Å²) < 4.78 is 0. The number of nitrogens with two attached hydrogens (primary N) is 2. The molecule has 3 aromatic rings. The Kier molecular flexibility index (Phi) is 116. The van der Waals surface area contributed by atoms with Crippen molar-refractivity contribution in [1.82, 2.24) is 10.6 Å². The van der Waals surface area contributed by atoms with Crippen LogP contribution in [-0.2, 0) is 11.3 Å². The van der Waals surface area contributed by atoms with Crippen LogP contribution in [0.25, 0.3) is 0 Å². The van der Waals surface area contributed by atoms with Gasteiger partial charge in [-0.25, -0.2) is 0 Å². The first-order valence-corrected chi connectivity index (χ1v) is 19.6. The number of carbonyl (C=O) groups is 2. The number of aliphatic imine (C=N–C) groups is 2. The number of carbonyl (C=O) groups excluding carboxylic acids is 2. The first kappa shape index (κ1) is 71.6. The van der Waals surface area contributed by atoms with Gasteiger partial charge in [-0.3, -0.25) is 14.8 Å². The summed E-state index contributed by atoms with van der Waals surface area (Å²) in [5.74, 6) is 0. The van der Waals surface area contributed by atoms with Gasteiger partial charge in [-0.15, -0.1) is 0 Å². The van der Waals surface area contributed by atoms with E-state index in [1.54, 1.807) is 18.3 Å². The Bertz CT molecular complexity index is 984. The van der Waals surface area contributed by atoms with Gasteiger partial charge >= 0.3 is 0 Å². The third kappa shape index (κ3) is 91.8. The van der Waals surface area contributed by atoms with Crippen LogP contribution in [0.1, 0.15) is 133 Å². The van der Waals surface area contributed by atoms with Gasteiger partial charge in [0.2, 0.25) is 0 Å². The molecule has 0 aliphatic carbocycles. The third-order valence-corrected chi connectivity index (χ3v) is 4.45. The van der Waals surface area contributed by atoms with E-state index >= 15 is 0 Å². The molecule has 0 aromatic heterocycles. The molecule has 0 saturated carbocycles. The molecule has 0 fully saturated rings. The lowest BCUT2D eigenvalue weighted by molar-refractivity contribution is -0.106. The van der Waals surface area contributed by atoms with Crippen molar-refractivity contribution in [3.8, 4) is 0 Å². The van der Waals surface area contributed by atoms with E-state index in [9.17, 15) is 4.79 Å². The molecule has 0 saturated heterocycles. The van der Waals surface area contributed by atoms with Crippen molar-refractivity contribution in [2.45, 2.75) is 118 Å². The average Bonchev–Trinajstić information content (AvgIpc) is 3.22. The number of benzene rings is 3. The molecule has 0 aliphatic rings. The van der Waals surface area contributed by atoms with Crippen molar-refractivity contribution in [1.29, 1.82) is 0 Å². The van der Waals surface area contributed by atoms with Crippen molar-refractivity contribution in [2.75, 3.05) is 45.8 Å². The SMILES string of the molecule is C.CC.CC.CC.CC=NCC.CC=O.CCN.CCN.CCN=Cc1ccccc1.CCNCC.CCNCc1ccccc1.O=Cc1ccccc1. The standard InChI is InChI=1S/C9H13N.C9H11N.C7H6O.C4H11N.C4H9N.2C2H7N.C2H4O.3C2H6.CH4/c2*1-2-10-8-9-6-4-3-5-7-9;8-6-7-4-2-1-3-5-7;2*1-3-5-4-2;3*1-2-3;3*1-2;/h3-7,10H,2,8H2,1H3;3-8H,2H2,1H3;1-6H;5H,3-4H2,1-2H3;3H,4H2,1-2H3;2*2-3H2,1H3;2H,1H3;3*1-2H3;1H4. The fourth-order valence-corrected chi connectivity index (χ4v) is 2.57. The van der Waals surface area contributed by atoms with Crippen molar-refractivity contribution in [3.05, 3.63) is 108 Å². The minimum Gasteiger partial charge on any atom is -0.331 e. The van der Waals surface area contributed by atoms with Gasteiger partial charge in [0.05, 0.1) is 0 Å². The minimum atomic E-state index is 0. The van der Waals surface area contributed by atoms with Crippen LogP contribution >= 0.6 is 0 Å². The largest absolute Gasteiger partial charge is 0.331 e. The van der Waals surface area contributed by atoms with E-state index in [4.69, 9.17) is 16.3 Å². The van der Waals surface area contributed by atoms with E-state index in [0.717, 1.165) is 70.5 Å². The van der Waals surface area contributed by atoms with Crippen LogP contribution in [0.15, 0.2) is 101 Å². The maximum atomic E-state index is 10.0. The second kappa shape index (κ2) is 87.2. The van der Waals surface area contributed by atoms with Crippen LogP contribution < -0.4 is 22.1 Å². The fraction of sp³-hybridized carbons (Fsp3) is 0.522. The number of nitrogens with one attached hydrogen (secondary N) is 2. The van der Waals surface area contributed by atoms with Crippen molar-refractivity contribution in [2.24, 2.45) is 21.5 Å². The topological polar surface area (TPSA) is 135 Å². The van der Waals surface area contributed by atoms with Crippen molar-refractivity contribution >= 4 is 25.0 Å². The van der Waals surface area contributed by atoms with Crippen LogP contribution in [0.5, 0.6) is 0 Å². The van der Waals surface area contributed by atoms with Gasteiger partial charge in [-0.2, -0.15) is 0 Å². The normalized spacial score (nSPS) is 7.94. The molecule has 0 atom stereocenters. The van der Waals surface area contributed by atoms with Gasteiger partial charge in [-0.05, 0) is 77.8 Å². The van der Waals surface area contributed by atoms with Gasteiger partial charge in [0, 0.05) is 31.4 Å². The van der Waals surface area contributed by atoms with E-state index in [1.165, 1.54) is 18.1 Å². The second-order valence-electron chi connectivity index (χ2n) is 8.60. The first-order chi connectivity index (χ1) is 25.9. The molecular formula is C46H90N6O2. The number of nitrogens with zero attached hydrogens (tertiary/aromatic N) is 2. The minimum absolute atomic E-state index is 0. The molecule has 8 nitrogen and oxygen atoms in total. The summed E-state index contributed by atoms with van der Waals surface area (Å²) in [6.07, 6.45) is 5.28. The molecule has 0 bridgehead atoms. The molecule has 8 heteroatoms. The highest BCUT2D eigenvalue weighted by Gasteiger charge is 1.86. The zero-order valence-corrected chi connectivity index (χ0v) is 37.0. The molecule has 0 spiro atoms. The molecule has 0 unspecified atom stereocenters. The molecule has 0 heterocycles.